The minimum Gasteiger partial charge on any atom is -0.495 e. The van der Waals surface area contributed by atoms with E-state index in [9.17, 15) is 13.2 Å². The fourth-order valence-corrected chi connectivity index (χ4v) is 3.72. The van der Waals surface area contributed by atoms with E-state index in [0.29, 0.717) is 15.6 Å². The van der Waals surface area contributed by atoms with Crippen LogP contribution in [0.3, 0.4) is 0 Å². The van der Waals surface area contributed by atoms with Crippen LogP contribution in [0.15, 0.2) is 51.8 Å². The van der Waals surface area contributed by atoms with Gasteiger partial charge in [0.1, 0.15) is 10.6 Å². The average molecular weight is 414 g/mol. The first kappa shape index (κ1) is 18.4. The van der Waals surface area contributed by atoms with E-state index in [1.54, 1.807) is 36.4 Å². The van der Waals surface area contributed by atoms with Crippen LogP contribution in [0.25, 0.3) is 0 Å². The molecule has 2 aromatic carbocycles. The highest BCUT2D eigenvalue weighted by molar-refractivity contribution is 9.10. The van der Waals surface area contributed by atoms with E-state index < -0.39 is 16.0 Å². The lowest BCUT2D eigenvalue weighted by atomic mass is 10.1. The molecule has 0 saturated heterocycles. The summed E-state index contributed by atoms with van der Waals surface area (Å²) in [4.78, 5) is 11.4. The van der Waals surface area contributed by atoms with Crippen LogP contribution in [0.2, 0.25) is 0 Å². The van der Waals surface area contributed by atoms with Crippen molar-refractivity contribution < 1.29 is 22.7 Å². The van der Waals surface area contributed by atoms with E-state index in [0.717, 1.165) is 0 Å². The van der Waals surface area contributed by atoms with Crippen molar-refractivity contribution in [1.82, 2.24) is 4.72 Å². The molecule has 2 rings (SSSR count). The fourth-order valence-electron chi connectivity index (χ4n) is 1.99. The summed E-state index contributed by atoms with van der Waals surface area (Å²) in [6, 6.07) is 11.2. The van der Waals surface area contributed by atoms with Crippen LogP contribution in [-0.2, 0) is 21.3 Å². The van der Waals surface area contributed by atoms with Crippen LogP contribution in [0, 0.1) is 0 Å². The number of hydrogen-bond acceptors (Lipinski definition) is 5. The Morgan fingerprint density at radius 3 is 2.38 bits per heavy atom. The summed E-state index contributed by atoms with van der Waals surface area (Å²) in [5.41, 5.74) is 1.11. The highest BCUT2D eigenvalue weighted by atomic mass is 79.9. The highest BCUT2D eigenvalue weighted by Gasteiger charge is 2.19. The van der Waals surface area contributed by atoms with E-state index in [1.165, 1.54) is 20.3 Å². The second-order valence-electron chi connectivity index (χ2n) is 4.81. The Labute approximate surface area is 149 Å². The number of hydrogen-bond donors (Lipinski definition) is 1. The molecule has 0 heterocycles. The Hall–Kier alpha value is -1.90. The first-order valence-electron chi connectivity index (χ1n) is 6.88. The molecule has 0 radical (unpaired) electrons. The Balaban J connectivity index is 2.16. The molecule has 0 spiro atoms. The van der Waals surface area contributed by atoms with Gasteiger partial charge >= 0.3 is 5.97 Å². The number of halogens is 1. The van der Waals surface area contributed by atoms with Crippen LogP contribution >= 0.6 is 15.9 Å². The smallest absolute Gasteiger partial charge is 0.337 e. The van der Waals surface area contributed by atoms with E-state index in [4.69, 9.17) is 4.74 Å². The van der Waals surface area contributed by atoms with Crippen LogP contribution < -0.4 is 9.46 Å². The van der Waals surface area contributed by atoms with Gasteiger partial charge in [0.25, 0.3) is 0 Å². The van der Waals surface area contributed by atoms with Gasteiger partial charge in [-0.1, -0.05) is 28.1 Å². The lowest BCUT2D eigenvalue weighted by Gasteiger charge is -2.11. The number of esters is 1. The Bertz CT molecular complexity index is 834. The van der Waals surface area contributed by atoms with Crippen LogP contribution in [0.1, 0.15) is 15.9 Å². The van der Waals surface area contributed by atoms with E-state index in [-0.39, 0.29) is 17.2 Å². The summed E-state index contributed by atoms with van der Waals surface area (Å²) in [6.45, 7) is 0.0828. The molecule has 0 saturated carbocycles. The number of carbonyl (C=O) groups is 1. The molecular weight excluding hydrogens is 398 g/mol. The Morgan fingerprint density at radius 1 is 1.12 bits per heavy atom. The molecule has 0 aliphatic rings. The molecule has 2 aromatic rings. The van der Waals surface area contributed by atoms with Crippen molar-refractivity contribution in [2.24, 2.45) is 0 Å². The predicted molar refractivity (Wildman–Crippen MR) is 92.5 cm³/mol. The molecule has 1 N–H and O–H groups in total. The quantitative estimate of drug-likeness (QED) is 0.736. The first-order valence-corrected chi connectivity index (χ1v) is 9.15. The molecule has 0 aliphatic heterocycles. The minimum atomic E-state index is -3.75. The van der Waals surface area contributed by atoms with Crippen LogP contribution in [0.5, 0.6) is 5.75 Å². The van der Waals surface area contributed by atoms with Gasteiger partial charge in [0.2, 0.25) is 10.0 Å². The maximum Gasteiger partial charge on any atom is 0.337 e. The minimum absolute atomic E-state index is 0.0468. The zero-order chi connectivity index (χ0) is 17.7. The maximum absolute atomic E-state index is 12.5. The second kappa shape index (κ2) is 7.78. The Morgan fingerprint density at radius 2 is 1.79 bits per heavy atom. The van der Waals surface area contributed by atoms with Crippen molar-refractivity contribution in [1.29, 1.82) is 0 Å². The summed E-state index contributed by atoms with van der Waals surface area (Å²) in [6.07, 6.45) is 0. The number of carbonyl (C=O) groups excluding carboxylic acids is 1. The summed E-state index contributed by atoms with van der Waals surface area (Å²) >= 11 is 3.25. The second-order valence-corrected chi connectivity index (χ2v) is 7.46. The normalized spacial score (nSPS) is 11.1. The molecule has 128 valence electrons. The zero-order valence-corrected chi connectivity index (χ0v) is 15.5. The lowest BCUT2D eigenvalue weighted by Crippen LogP contribution is -2.23. The number of nitrogens with one attached hydrogen (secondary N) is 1. The summed E-state index contributed by atoms with van der Waals surface area (Å²) in [5.74, 6) is -0.187. The molecular formula is C16H16BrNO5S. The summed E-state index contributed by atoms with van der Waals surface area (Å²) in [7, 11) is -1.04. The van der Waals surface area contributed by atoms with Crippen LogP contribution in [0.4, 0.5) is 0 Å². The largest absolute Gasteiger partial charge is 0.495 e. The third kappa shape index (κ3) is 4.34. The van der Waals surface area contributed by atoms with Gasteiger partial charge < -0.3 is 9.47 Å². The topological polar surface area (TPSA) is 81.7 Å². The lowest BCUT2D eigenvalue weighted by molar-refractivity contribution is 0.0600. The predicted octanol–water partition coefficient (Wildman–Crippen LogP) is 2.72. The average Bonchev–Trinajstić information content (AvgIpc) is 2.59. The third-order valence-corrected chi connectivity index (χ3v) is 5.17. The standard InChI is InChI=1S/C16H16BrNO5S/c1-22-14-8-7-13(17)9-15(14)24(20,21)18-10-11-3-5-12(6-4-11)16(19)23-2/h3-9,18H,10H2,1-2H3. The maximum atomic E-state index is 12.5. The van der Waals surface area contributed by atoms with E-state index >= 15 is 0 Å². The molecule has 0 aliphatic carbocycles. The number of methoxy groups -OCH3 is 2. The van der Waals surface area contributed by atoms with Crippen LogP contribution in [-0.4, -0.2) is 28.6 Å². The molecule has 0 amide bonds. The van der Waals surface area contributed by atoms with Gasteiger partial charge in [0.05, 0.1) is 19.8 Å². The van der Waals surface area contributed by atoms with Crippen molar-refractivity contribution in [3.63, 3.8) is 0 Å². The van der Waals surface area contributed by atoms with Gasteiger partial charge in [-0.15, -0.1) is 0 Å². The number of benzene rings is 2. The van der Waals surface area contributed by atoms with Gasteiger partial charge in [-0.05, 0) is 35.9 Å². The van der Waals surface area contributed by atoms with E-state index in [1.807, 2.05) is 0 Å². The third-order valence-electron chi connectivity index (χ3n) is 3.26. The van der Waals surface area contributed by atoms with Crippen molar-refractivity contribution in [2.45, 2.75) is 11.4 Å². The molecule has 0 bridgehead atoms. The summed E-state index contributed by atoms with van der Waals surface area (Å²) < 4.78 is 37.8. The van der Waals surface area contributed by atoms with Crippen molar-refractivity contribution in [3.8, 4) is 5.75 Å². The van der Waals surface area contributed by atoms with Gasteiger partial charge in [0.15, 0.2) is 0 Å². The van der Waals surface area contributed by atoms with Gasteiger partial charge in [-0.2, -0.15) is 0 Å². The van der Waals surface area contributed by atoms with Gasteiger partial charge in [0, 0.05) is 11.0 Å². The Kier molecular flexibility index (Phi) is 5.98. The molecule has 24 heavy (non-hydrogen) atoms. The monoisotopic (exact) mass is 413 g/mol. The van der Waals surface area contributed by atoms with Crippen molar-refractivity contribution in [2.75, 3.05) is 14.2 Å². The van der Waals surface area contributed by atoms with Gasteiger partial charge in [-0.3, -0.25) is 0 Å². The van der Waals surface area contributed by atoms with Crippen molar-refractivity contribution >= 4 is 31.9 Å². The number of ether oxygens (including phenoxy) is 2. The van der Waals surface area contributed by atoms with E-state index in [2.05, 4.69) is 25.4 Å². The van der Waals surface area contributed by atoms with Gasteiger partial charge in [-0.25, -0.2) is 17.9 Å². The van der Waals surface area contributed by atoms with Crippen molar-refractivity contribution in [3.05, 3.63) is 58.1 Å². The summed E-state index contributed by atoms with van der Waals surface area (Å²) in [5, 5.41) is 0. The zero-order valence-electron chi connectivity index (χ0n) is 13.1. The SMILES string of the molecule is COC(=O)c1ccc(CNS(=O)(=O)c2cc(Br)ccc2OC)cc1. The highest BCUT2D eigenvalue weighted by Crippen LogP contribution is 2.27. The first-order chi connectivity index (χ1) is 11.4. The molecule has 0 fully saturated rings. The molecule has 0 unspecified atom stereocenters. The molecule has 8 heteroatoms. The fraction of sp³-hybridized carbons (Fsp3) is 0.188. The number of rotatable bonds is 6. The molecule has 6 nitrogen and oxygen atoms in total. The molecule has 0 aromatic heterocycles. The number of sulfonamides is 1. The molecule has 0 atom stereocenters.